The highest BCUT2D eigenvalue weighted by molar-refractivity contribution is 7.33. The number of rotatable bonds is 13. The maximum atomic E-state index is 13.1. The SMILES string of the molecule is CO[PH](=O)OC(CO)COCCCNC(=O)c1ccc(OC(C)=O)c(-c2c3ccc(=O)cc-3oc3cc(O)ccc23)c1. The molecule has 2 aromatic rings. The lowest BCUT2D eigenvalue weighted by Gasteiger charge is -2.18. The van der Waals surface area contributed by atoms with Gasteiger partial charge in [0.15, 0.2) is 5.43 Å². The van der Waals surface area contributed by atoms with E-state index in [1.165, 1.54) is 50.4 Å². The minimum atomic E-state index is -2.69. The van der Waals surface area contributed by atoms with Crippen molar-refractivity contribution in [3.8, 4) is 33.9 Å². The maximum absolute atomic E-state index is 13.1. The molecule has 1 aliphatic heterocycles. The van der Waals surface area contributed by atoms with Gasteiger partial charge in [0.05, 0.1) is 13.2 Å². The van der Waals surface area contributed by atoms with Gasteiger partial charge in [0, 0.05) is 67.0 Å². The number of benzene rings is 3. The molecule has 1 aliphatic carbocycles. The van der Waals surface area contributed by atoms with Gasteiger partial charge in [-0.2, -0.15) is 0 Å². The van der Waals surface area contributed by atoms with E-state index in [1.54, 1.807) is 18.2 Å². The van der Waals surface area contributed by atoms with Crippen molar-refractivity contribution >= 4 is 31.1 Å². The molecule has 3 N–H and O–H groups in total. The Labute approximate surface area is 241 Å². The molecule has 0 radical (unpaired) electrons. The highest BCUT2D eigenvalue weighted by Gasteiger charge is 2.22. The molecule has 4 rings (SSSR count). The highest BCUT2D eigenvalue weighted by Crippen LogP contribution is 2.44. The molecule has 0 saturated carbocycles. The van der Waals surface area contributed by atoms with E-state index in [1.807, 2.05) is 0 Å². The lowest BCUT2D eigenvalue weighted by molar-refractivity contribution is -0.131. The number of nitrogens with one attached hydrogen (secondary N) is 1. The smallest absolute Gasteiger partial charge is 0.319 e. The third kappa shape index (κ3) is 7.61. The minimum absolute atomic E-state index is 0.00205. The van der Waals surface area contributed by atoms with Gasteiger partial charge in [-0.05, 0) is 48.9 Å². The Hall–Kier alpha value is -4.06. The van der Waals surface area contributed by atoms with Gasteiger partial charge in [-0.1, -0.05) is 0 Å². The van der Waals surface area contributed by atoms with Gasteiger partial charge in [0.25, 0.3) is 5.91 Å². The number of hydrogen-bond acceptors (Lipinski definition) is 11. The Kier molecular flexibility index (Phi) is 10.5. The van der Waals surface area contributed by atoms with Gasteiger partial charge < -0.3 is 38.5 Å². The lowest BCUT2D eigenvalue weighted by Crippen LogP contribution is -2.26. The quantitative estimate of drug-likeness (QED) is 0.0672. The van der Waals surface area contributed by atoms with E-state index < -0.39 is 26.2 Å². The number of esters is 1. The first kappa shape index (κ1) is 30.9. The molecule has 222 valence electrons. The summed E-state index contributed by atoms with van der Waals surface area (Å²) < 4.78 is 37.7. The molecule has 2 aromatic carbocycles. The zero-order chi connectivity index (χ0) is 30.2. The summed E-state index contributed by atoms with van der Waals surface area (Å²) in [5, 5.41) is 22.7. The monoisotopic (exact) mass is 599 g/mol. The molecule has 0 spiro atoms. The van der Waals surface area contributed by atoms with Crippen LogP contribution in [-0.4, -0.2) is 61.7 Å². The fourth-order valence-electron chi connectivity index (χ4n) is 4.26. The number of amides is 1. The van der Waals surface area contributed by atoms with Crippen LogP contribution in [0, 0.1) is 0 Å². The average molecular weight is 600 g/mol. The molecular formula is C29H30NO11P. The molecule has 12 nitrogen and oxygen atoms in total. The summed E-state index contributed by atoms with van der Waals surface area (Å²) in [6, 6.07) is 13.4. The van der Waals surface area contributed by atoms with Gasteiger partial charge in [-0.25, -0.2) is 0 Å². The molecule has 0 bridgehead atoms. The summed E-state index contributed by atoms with van der Waals surface area (Å²) >= 11 is 0. The zero-order valence-electron chi connectivity index (χ0n) is 22.9. The number of phenols is 1. The number of aliphatic hydroxyl groups is 1. The molecule has 0 fully saturated rings. The van der Waals surface area contributed by atoms with Gasteiger partial charge in [0.1, 0.15) is 28.9 Å². The Bertz CT molecular complexity index is 1630. The van der Waals surface area contributed by atoms with Crippen LogP contribution in [0.3, 0.4) is 0 Å². The Morgan fingerprint density at radius 2 is 1.88 bits per heavy atom. The molecule has 1 amide bonds. The van der Waals surface area contributed by atoms with Crippen molar-refractivity contribution in [3.63, 3.8) is 0 Å². The van der Waals surface area contributed by atoms with E-state index in [0.717, 1.165) is 0 Å². The zero-order valence-corrected chi connectivity index (χ0v) is 23.9. The van der Waals surface area contributed by atoms with Gasteiger partial charge in [-0.15, -0.1) is 0 Å². The first-order valence-electron chi connectivity index (χ1n) is 12.9. The predicted octanol–water partition coefficient (Wildman–Crippen LogP) is 3.75. The lowest BCUT2D eigenvalue weighted by atomic mass is 9.92. The molecule has 2 unspecified atom stereocenters. The van der Waals surface area contributed by atoms with Crippen molar-refractivity contribution < 1.29 is 47.3 Å². The largest absolute Gasteiger partial charge is 0.508 e. The Morgan fingerprint density at radius 1 is 1.07 bits per heavy atom. The van der Waals surface area contributed by atoms with E-state index in [9.17, 15) is 29.2 Å². The topological polar surface area (TPSA) is 171 Å². The van der Waals surface area contributed by atoms with E-state index in [0.29, 0.717) is 28.5 Å². The Morgan fingerprint density at radius 3 is 2.62 bits per heavy atom. The van der Waals surface area contributed by atoms with Gasteiger partial charge in [0.2, 0.25) is 0 Å². The van der Waals surface area contributed by atoms with Crippen LogP contribution in [0.2, 0.25) is 0 Å². The fourth-order valence-corrected chi connectivity index (χ4v) is 4.77. The molecule has 2 atom stereocenters. The number of hydrogen-bond donors (Lipinski definition) is 3. The third-order valence-electron chi connectivity index (χ3n) is 6.13. The first-order valence-corrected chi connectivity index (χ1v) is 14.2. The molecule has 1 heterocycles. The van der Waals surface area contributed by atoms with Crippen LogP contribution in [0.25, 0.3) is 33.4 Å². The van der Waals surface area contributed by atoms with Crippen LogP contribution in [0.5, 0.6) is 11.5 Å². The minimum Gasteiger partial charge on any atom is -0.508 e. The third-order valence-corrected chi connectivity index (χ3v) is 6.99. The van der Waals surface area contributed by atoms with Crippen molar-refractivity contribution in [2.24, 2.45) is 0 Å². The van der Waals surface area contributed by atoms with Crippen molar-refractivity contribution in [1.82, 2.24) is 5.32 Å². The van der Waals surface area contributed by atoms with Crippen molar-refractivity contribution in [1.29, 1.82) is 0 Å². The van der Waals surface area contributed by atoms with Crippen LogP contribution in [0.4, 0.5) is 0 Å². The Balaban J connectivity index is 1.57. The highest BCUT2D eigenvalue weighted by atomic mass is 31.1. The molecule has 42 heavy (non-hydrogen) atoms. The number of aromatic hydroxyl groups is 1. The normalized spacial score (nSPS) is 12.7. The number of aliphatic hydroxyl groups excluding tert-OH is 1. The molecular weight excluding hydrogens is 569 g/mol. The van der Waals surface area contributed by atoms with Gasteiger partial charge in [-0.3, -0.25) is 18.9 Å². The summed E-state index contributed by atoms with van der Waals surface area (Å²) in [4.78, 5) is 37.1. The number of ether oxygens (including phenoxy) is 2. The summed E-state index contributed by atoms with van der Waals surface area (Å²) in [5.41, 5.74) is 1.77. The van der Waals surface area contributed by atoms with E-state index in [-0.39, 0.29) is 60.2 Å². The van der Waals surface area contributed by atoms with Crippen molar-refractivity contribution in [2.75, 3.05) is 33.5 Å². The second kappa shape index (κ2) is 14.2. The van der Waals surface area contributed by atoms with Crippen LogP contribution < -0.4 is 15.5 Å². The average Bonchev–Trinajstić information content (AvgIpc) is 2.96. The maximum Gasteiger partial charge on any atom is 0.319 e. The van der Waals surface area contributed by atoms with Crippen LogP contribution in [0.1, 0.15) is 23.7 Å². The molecule has 0 saturated heterocycles. The predicted molar refractivity (Wildman–Crippen MR) is 153 cm³/mol. The summed E-state index contributed by atoms with van der Waals surface area (Å²) in [6.45, 7) is 1.38. The fraction of sp³-hybridized carbons (Fsp3) is 0.276. The summed E-state index contributed by atoms with van der Waals surface area (Å²) in [6.07, 6.45) is -0.347. The van der Waals surface area contributed by atoms with Crippen molar-refractivity contribution in [3.05, 3.63) is 70.4 Å². The van der Waals surface area contributed by atoms with Crippen LogP contribution in [0.15, 0.2) is 63.8 Å². The molecule has 13 heteroatoms. The van der Waals surface area contributed by atoms with E-state index in [4.69, 9.17) is 18.4 Å². The number of carbonyl (C=O) groups is 2. The van der Waals surface area contributed by atoms with Crippen molar-refractivity contribution in [2.45, 2.75) is 19.4 Å². The van der Waals surface area contributed by atoms with E-state index in [2.05, 4.69) is 9.84 Å². The second-order valence-corrected chi connectivity index (χ2v) is 10.3. The summed E-state index contributed by atoms with van der Waals surface area (Å²) in [7, 11) is -1.46. The van der Waals surface area contributed by atoms with E-state index >= 15 is 0 Å². The summed E-state index contributed by atoms with van der Waals surface area (Å²) in [5.74, 6) is -0.558. The molecule has 2 aliphatic rings. The van der Waals surface area contributed by atoms with Crippen LogP contribution in [-0.2, 0) is 23.1 Å². The second-order valence-electron chi connectivity index (χ2n) is 9.18. The standard InChI is InChI=1S/C29H30NO11P/c1-17(32)39-25-9-4-18(29(35)30-10-3-11-38-16-21(15-31)41-42(36)37-2)12-24(25)28-22-7-5-19(33)13-26(22)40-27-14-20(34)6-8-23(27)28/h4-9,12-14,21,31,33,42H,3,10-11,15-16H2,1-2H3,(H,30,35). The number of phenolic OH excluding ortho intramolecular Hbond substituents is 1. The number of fused-ring (bicyclic) bond motifs is 2. The van der Waals surface area contributed by atoms with Gasteiger partial charge >= 0.3 is 14.2 Å². The van der Waals surface area contributed by atoms with Crippen LogP contribution >= 0.6 is 8.25 Å². The molecule has 0 aromatic heterocycles. The first-order chi connectivity index (χ1) is 20.2. The number of carbonyl (C=O) groups excluding carboxylic acids is 2.